The molecule has 5 atom stereocenters. The Morgan fingerprint density at radius 2 is 2.12 bits per heavy atom. The van der Waals surface area contributed by atoms with E-state index in [9.17, 15) is 15.3 Å². The first-order chi connectivity index (χ1) is 12.0. The Morgan fingerprint density at radius 3 is 2.80 bits per heavy atom. The van der Waals surface area contributed by atoms with Crippen molar-refractivity contribution in [2.24, 2.45) is 10.7 Å². The Balaban J connectivity index is 1.62. The Hall–Kier alpha value is -1.56. The smallest absolute Gasteiger partial charge is 0.190 e. The van der Waals surface area contributed by atoms with Gasteiger partial charge < -0.3 is 25.4 Å². The Bertz CT molecular complexity index is 660. The third-order valence-corrected chi connectivity index (χ3v) is 5.20. The highest BCUT2D eigenvalue weighted by Gasteiger charge is 2.46. The van der Waals surface area contributed by atoms with Gasteiger partial charge in [0.25, 0.3) is 0 Å². The van der Waals surface area contributed by atoms with Gasteiger partial charge in [0.2, 0.25) is 0 Å². The molecular weight excluding hydrogens is 328 g/mol. The summed E-state index contributed by atoms with van der Waals surface area (Å²) >= 11 is 0. The molecule has 3 heterocycles. The lowest BCUT2D eigenvalue weighted by molar-refractivity contribution is -0.0520. The van der Waals surface area contributed by atoms with E-state index >= 15 is 0 Å². The Labute approximate surface area is 144 Å². The van der Waals surface area contributed by atoms with Crippen molar-refractivity contribution in [3.05, 3.63) is 12.0 Å². The van der Waals surface area contributed by atoms with E-state index in [1.807, 2.05) is 0 Å². The number of nitrogens with one attached hydrogen (secondary N) is 2. The van der Waals surface area contributed by atoms with Crippen LogP contribution >= 0.6 is 0 Å². The lowest BCUT2D eigenvalue weighted by atomic mass is 10.1. The van der Waals surface area contributed by atoms with Crippen molar-refractivity contribution >= 4 is 12.2 Å². The van der Waals surface area contributed by atoms with Crippen LogP contribution in [-0.4, -0.2) is 62.2 Å². The minimum atomic E-state index is -1.20. The number of ether oxygens (including phenoxy) is 1. The van der Waals surface area contributed by atoms with Crippen molar-refractivity contribution < 1.29 is 20.1 Å². The molecule has 0 bridgehead atoms. The highest BCUT2D eigenvalue weighted by Crippen LogP contribution is 2.36. The van der Waals surface area contributed by atoms with Crippen LogP contribution in [0, 0.1) is 0 Å². The summed E-state index contributed by atoms with van der Waals surface area (Å²) in [5.74, 6) is -0.614. The summed E-state index contributed by atoms with van der Waals surface area (Å²) in [5, 5.41) is 35.9. The van der Waals surface area contributed by atoms with Crippen LogP contribution < -0.4 is 16.4 Å². The fraction of sp³-hybridized carbons (Fsp3) is 0.733. The second-order valence-corrected chi connectivity index (χ2v) is 6.89. The number of aliphatic hydroxyl groups excluding tert-OH is 3. The van der Waals surface area contributed by atoms with Crippen molar-refractivity contribution in [3.8, 4) is 0 Å². The number of aliphatic imine (C=N–C) groups is 1. The molecule has 2 fully saturated rings. The maximum absolute atomic E-state index is 10.2. The summed E-state index contributed by atoms with van der Waals surface area (Å²) < 4.78 is 7.10. The summed E-state index contributed by atoms with van der Waals surface area (Å²) in [4.78, 5) is 8.66. The van der Waals surface area contributed by atoms with Crippen LogP contribution in [0.1, 0.15) is 37.6 Å². The van der Waals surface area contributed by atoms with E-state index < -0.39 is 30.3 Å². The predicted octanol–water partition coefficient (Wildman–Crippen LogP) is -1.64. The number of fused-ring (bicyclic) bond motifs is 1. The van der Waals surface area contributed by atoms with E-state index in [-0.39, 0.29) is 6.61 Å². The monoisotopic (exact) mass is 352 g/mol. The number of aromatic nitrogens is 2. The van der Waals surface area contributed by atoms with Crippen molar-refractivity contribution in [1.82, 2.24) is 20.2 Å². The molecule has 1 aromatic rings. The standard InChI is InChI=1S/C15H24N6O4/c16-15(20-8-3-1-2-4-8)12-13(17-6-19-15)21(7-18-12)14-11(24)10(23)9(5-22)25-14/h6-11,14,20,22-24H,1-5,16H2,(H,17,19)/t9-,10-,11-,14-,15?/m1/s1. The molecule has 3 aliphatic rings. The first-order valence-corrected chi connectivity index (χ1v) is 8.60. The molecule has 1 saturated heterocycles. The molecule has 1 saturated carbocycles. The number of nitrogens with two attached hydrogens (primary N) is 1. The summed E-state index contributed by atoms with van der Waals surface area (Å²) in [5.41, 5.74) is 7.00. The van der Waals surface area contributed by atoms with Gasteiger partial charge in [0, 0.05) is 6.04 Å². The highest BCUT2D eigenvalue weighted by atomic mass is 16.6. The highest BCUT2D eigenvalue weighted by molar-refractivity contribution is 5.66. The molecule has 0 spiro atoms. The SMILES string of the molecule is NC1(NC2CCCC2)NC=Nc2c1ncn2[C@@H]1O[C@H](CO)[C@@H](O)[C@H]1O. The molecule has 0 aromatic carbocycles. The first-order valence-electron chi connectivity index (χ1n) is 8.60. The lowest BCUT2D eigenvalue weighted by Crippen LogP contribution is -2.64. The molecular formula is C15H24N6O4. The fourth-order valence-electron chi connectivity index (χ4n) is 3.82. The summed E-state index contributed by atoms with van der Waals surface area (Å²) in [6.07, 6.45) is 3.30. The fourth-order valence-corrected chi connectivity index (χ4v) is 3.82. The lowest BCUT2D eigenvalue weighted by Gasteiger charge is -2.34. The molecule has 10 nitrogen and oxygen atoms in total. The Morgan fingerprint density at radius 1 is 1.36 bits per heavy atom. The average molecular weight is 352 g/mol. The van der Waals surface area contributed by atoms with Gasteiger partial charge in [-0.25, -0.2) is 9.98 Å². The van der Waals surface area contributed by atoms with Gasteiger partial charge in [0.15, 0.2) is 17.8 Å². The van der Waals surface area contributed by atoms with E-state index in [1.165, 1.54) is 30.1 Å². The largest absolute Gasteiger partial charge is 0.394 e. The van der Waals surface area contributed by atoms with Gasteiger partial charge >= 0.3 is 0 Å². The van der Waals surface area contributed by atoms with E-state index in [0.29, 0.717) is 17.6 Å². The zero-order chi connectivity index (χ0) is 17.6. The number of nitrogens with zero attached hydrogens (tertiary/aromatic N) is 3. The maximum atomic E-state index is 10.2. The molecule has 10 heteroatoms. The molecule has 7 N–H and O–H groups in total. The quantitative estimate of drug-likeness (QED) is 0.353. The Kier molecular flexibility index (Phi) is 4.26. The van der Waals surface area contributed by atoms with Gasteiger partial charge in [-0.2, -0.15) is 0 Å². The van der Waals surface area contributed by atoms with Crippen molar-refractivity contribution in [2.45, 2.75) is 62.1 Å². The van der Waals surface area contributed by atoms with E-state index in [2.05, 4.69) is 20.6 Å². The van der Waals surface area contributed by atoms with Crippen LogP contribution in [-0.2, 0) is 10.5 Å². The van der Waals surface area contributed by atoms with Gasteiger partial charge in [0.1, 0.15) is 24.0 Å². The zero-order valence-corrected chi connectivity index (χ0v) is 13.7. The van der Waals surface area contributed by atoms with E-state index in [0.717, 1.165) is 12.8 Å². The molecule has 138 valence electrons. The van der Waals surface area contributed by atoms with E-state index in [4.69, 9.17) is 10.5 Å². The van der Waals surface area contributed by atoms with E-state index in [1.54, 1.807) is 0 Å². The zero-order valence-electron chi connectivity index (χ0n) is 13.7. The molecule has 0 radical (unpaired) electrons. The number of hydrogen-bond donors (Lipinski definition) is 6. The summed E-state index contributed by atoms with van der Waals surface area (Å²) in [6.45, 7) is -0.388. The topological polar surface area (TPSA) is 150 Å². The van der Waals surface area contributed by atoms with Crippen molar-refractivity contribution in [1.29, 1.82) is 0 Å². The molecule has 1 aliphatic carbocycles. The minimum Gasteiger partial charge on any atom is -0.394 e. The molecule has 1 aromatic heterocycles. The first kappa shape index (κ1) is 16.9. The van der Waals surface area contributed by atoms with Crippen LogP contribution in [0.5, 0.6) is 0 Å². The summed E-state index contributed by atoms with van der Waals surface area (Å²) in [7, 11) is 0. The summed E-state index contributed by atoms with van der Waals surface area (Å²) in [6, 6.07) is 0.302. The van der Waals surface area contributed by atoms with Gasteiger partial charge in [0.05, 0.1) is 19.3 Å². The van der Waals surface area contributed by atoms with Crippen LogP contribution in [0.15, 0.2) is 11.3 Å². The second kappa shape index (κ2) is 6.31. The van der Waals surface area contributed by atoms with Crippen molar-refractivity contribution in [3.63, 3.8) is 0 Å². The maximum Gasteiger partial charge on any atom is 0.190 e. The third kappa shape index (κ3) is 2.75. The van der Waals surface area contributed by atoms with Crippen LogP contribution in [0.4, 0.5) is 5.82 Å². The molecule has 1 unspecified atom stereocenters. The van der Waals surface area contributed by atoms with Gasteiger partial charge in [-0.1, -0.05) is 12.8 Å². The second-order valence-electron chi connectivity index (χ2n) is 6.89. The van der Waals surface area contributed by atoms with Crippen LogP contribution in [0.25, 0.3) is 0 Å². The van der Waals surface area contributed by atoms with Gasteiger partial charge in [-0.05, 0) is 12.8 Å². The molecule has 0 amide bonds. The third-order valence-electron chi connectivity index (χ3n) is 5.20. The molecule has 2 aliphatic heterocycles. The number of rotatable bonds is 4. The predicted molar refractivity (Wildman–Crippen MR) is 87.8 cm³/mol. The number of aliphatic hydroxyl groups is 3. The van der Waals surface area contributed by atoms with Crippen LogP contribution in [0.3, 0.4) is 0 Å². The van der Waals surface area contributed by atoms with Gasteiger partial charge in [-0.3, -0.25) is 15.6 Å². The number of hydrogen-bond acceptors (Lipinski definition) is 9. The normalized spacial score (nSPS) is 38.1. The molecule has 25 heavy (non-hydrogen) atoms. The average Bonchev–Trinajstić information content (AvgIpc) is 3.30. The van der Waals surface area contributed by atoms with Crippen LogP contribution in [0.2, 0.25) is 0 Å². The molecule has 4 rings (SSSR count). The minimum absolute atomic E-state index is 0.302. The van der Waals surface area contributed by atoms with Crippen molar-refractivity contribution in [2.75, 3.05) is 6.61 Å². The van der Waals surface area contributed by atoms with Gasteiger partial charge in [-0.15, -0.1) is 0 Å². The number of imidazole rings is 1.